The summed E-state index contributed by atoms with van der Waals surface area (Å²) in [6, 6.07) is 5.59. The van der Waals surface area contributed by atoms with Crippen LogP contribution < -0.4 is 15.4 Å². The third kappa shape index (κ3) is 5.81. The van der Waals surface area contributed by atoms with Crippen molar-refractivity contribution >= 4 is 18.3 Å². The highest BCUT2D eigenvalue weighted by atomic mass is 35.5. The van der Waals surface area contributed by atoms with E-state index in [-0.39, 0.29) is 24.1 Å². The van der Waals surface area contributed by atoms with Crippen molar-refractivity contribution in [3.63, 3.8) is 0 Å². The van der Waals surface area contributed by atoms with Crippen LogP contribution in [0.2, 0.25) is 0 Å². The van der Waals surface area contributed by atoms with Crippen LogP contribution in [0.5, 0.6) is 5.75 Å². The summed E-state index contributed by atoms with van der Waals surface area (Å²) in [6.45, 7) is 1.04. The van der Waals surface area contributed by atoms with Crippen molar-refractivity contribution in [3.05, 3.63) is 29.8 Å². The Balaban J connectivity index is 0.00000220. The number of alkyl halides is 3. The van der Waals surface area contributed by atoms with Gasteiger partial charge >= 0.3 is 6.18 Å². The second kappa shape index (κ2) is 7.51. The molecule has 21 heavy (non-hydrogen) atoms. The van der Waals surface area contributed by atoms with Crippen LogP contribution in [0.3, 0.4) is 0 Å². The lowest BCUT2D eigenvalue weighted by molar-refractivity contribution is -0.153. The number of hydrogen-bond donors (Lipinski definition) is 2. The molecule has 4 nitrogen and oxygen atoms in total. The van der Waals surface area contributed by atoms with Crippen molar-refractivity contribution < 1.29 is 22.7 Å². The van der Waals surface area contributed by atoms with E-state index in [1.165, 1.54) is 24.3 Å². The van der Waals surface area contributed by atoms with Crippen LogP contribution in [0.25, 0.3) is 0 Å². The van der Waals surface area contributed by atoms with Crippen molar-refractivity contribution in [1.82, 2.24) is 10.6 Å². The quantitative estimate of drug-likeness (QED) is 0.871. The largest absolute Gasteiger partial charge is 0.484 e. The molecule has 2 rings (SSSR count). The van der Waals surface area contributed by atoms with Gasteiger partial charge in [0.15, 0.2) is 6.61 Å². The van der Waals surface area contributed by atoms with Crippen molar-refractivity contribution in [2.45, 2.75) is 6.18 Å². The van der Waals surface area contributed by atoms with Crippen molar-refractivity contribution in [2.24, 2.45) is 5.92 Å². The first-order chi connectivity index (χ1) is 9.44. The molecule has 8 heteroatoms. The molecule has 0 saturated carbocycles. The Labute approximate surface area is 126 Å². The van der Waals surface area contributed by atoms with Gasteiger partial charge in [0.05, 0.1) is 0 Å². The molecule has 0 bridgehead atoms. The van der Waals surface area contributed by atoms with Gasteiger partial charge in [0, 0.05) is 31.1 Å². The van der Waals surface area contributed by atoms with Gasteiger partial charge in [-0.05, 0) is 24.3 Å². The first-order valence-corrected chi connectivity index (χ1v) is 6.22. The molecule has 1 heterocycles. The number of benzene rings is 1. The zero-order valence-corrected chi connectivity index (χ0v) is 11.9. The summed E-state index contributed by atoms with van der Waals surface area (Å²) in [5, 5.41) is 5.88. The molecule has 0 aromatic heterocycles. The lowest BCUT2D eigenvalue weighted by atomic mass is 10.0. The monoisotopic (exact) mass is 324 g/mol. The molecular weight excluding hydrogens is 309 g/mol. The Morgan fingerprint density at radius 2 is 1.90 bits per heavy atom. The van der Waals surface area contributed by atoms with E-state index in [1.807, 2.05) is 0 Å². The molecule has 1 amide bonds. The molecule has 1 saturated heterocycles. The molecule has 1 aromatic rings. The minimum Gasteiger partial charge on any atom is -0.484 e. The molecule has 0 aliphatic carbocycles. The zero-order chi connectivity index (χ0) is 14.6. The SMILES string of the molecule is Cl.O=C(NCC1CNC1)c1ccc(OCC(F)(F)F)cc1. The van der Waals surface area contributed by atoms with Gasteiger partial charge in [-0.3, -0.25) is 4.79 Å². The fourth-order valence-electron chi connectivity index (χ4n) is 1.70. The highest BCUT2D eigenvalue weighted by Gasteiger charge is 2.28. The van der Waals surface area contributed by atoms with Crippen LogP contribution in [0.15, 0.2) is 24.3 Å². The normalized spacial score (nSPS) is 14.8. The molecule has 1 aliphatic heterocycles. The number of nitrogens with one attached hydrogen (secondary N) is 2. The predicted octanol–water partition coefficient (Wildman–Crippen LogP) is 2.00. The summed E-state index contributed by atoms with van der Waals surface area (Å²) in [5.74, 6) is 0.301. The first kappa shape index (κ1) is 17.6. The number of amides is 1. The lowest BCUT2D eigenvalue weighted by Crippen LogP contribution is -2.48. The summed E-state index contributed by atoms with van der Waals surface area (Å²) >= 11 is 0. The molecule has 1 aromatic carbocycles. The van der Waals surface area contributed by atoms with Crippen LogP contribution in [0.1, 0.15) is 10.4 Å². The number of ether oxygens (including phenoxy) is 1. The van der Waals surface area contributed by atoms with Crippen LogP contribution in [0.4, 0.5) is 13.2 Å². The fourth-order valence-corrected chi connectivity index (χ4v) is 1.70. The van der Waals surface area contributed by atoms with Gasteiger partial charge in [-0.2, -0.15) is 13.2 Å². The maximum atomic E-state index is 12.0. The number of rotatable bonds is 5. The third-order valence-electron chi connectivity index (χ3n) is 2.94. The molecule has 1 aliphatic rings. The number of hydrogen-bond acceptors (Lipinski definition) is 3. The fraction of sp³-hybridized carbons (Fsp3) is 0.462. The second-order valence-electron chi connectivity index (χ2n) is 4.66. The van der Waals surface area contributed by atoms with E-state index < -0.39 is 12.8 Å². The first-order valence-electron chi connectivity index (χ1n) is 6.22. The highest BCUT2D eigenvalue weighted by Crippen LogP contribution is 2.18. The predicted molar refractivity (Wildman–Crippen MR) is 73.9 cm³/mol. The molecule has 0 atom stereocenters. The third-order valence-corrected chi connectivity index (χ3v) is 2.94. The Morgan fingerprint density at radius 1 is 1.29 bits per heavy atom. The summed E-state index contributed by atoms with van der Waals surface area (Å²) < 4.78 is 40.5. The van der Waals surface area contributed by atoms with Crippen molar-refractivity contribution in [2.75, 3.05) is 26.2 Å². The standard InChI is InChI=1S/C13H15F3N2O2.ClH/c14-13(15,16)8-20-11-3-1-10(2-4-11)12(19)18-7-9-5-17-6-9;/h1-4,9,17H,5-8H2,(H,18,19);1H. The maximum absolute atomic E-state index is 12.0. The van der Waals surface area contributed by atoms with Gasteiger partial charge in [-0.1, -0.05) is 0 Å². The molecule has 1 fully saturated rings. The van der Waals surface area contributed by atoms with E-state index in [9.17, 15) is 18.0 Å². The lowest BCUT2D eigenvalue weighted by Gasteiger charge is -2.27. The molecule has 0 unspecified atom stereocenters. The van der Waals surface area contributed by atoms with E-state index >= 15 is 0 Å². The summed E-state index contributed by atoms with van der Waals surface area (Å²) in [7, 11) is 0. The second-order valence-corrected chi connectivity index (χ2v) is 4.66. The smallest absolute Gasteiger partial charge is 0.422 e. The average molecular weight is 325 g/mol. The molecule has 118 valence electrons. The van der Waals surface area contributed by atoms with Gasteiger partial charge in [0.1, 0.15) is 5.75 Å². The van der Waals surface area contributed by atoms with Gasteiger partial charge in [-0.15, -0.1) is 12.4 Å². The summed E-state index contributed by atoms with van der Waals surface area (Å²) in [4.78, 5) is 11.8. The Bertz CT molecular complexity index is 461. The Kier molecular flexibility index (Phi) is 6.29. The van der Waals surface area contributed by atoms with Crippen LogP contribution in [-0.2, 0) is 0 Å². The molecule has 2 N–H and O–H groups in total. The molecular formula is C13H16ClF3N2O2. The van der Waals surface area contributed by atoms with Gasteiger partial charge in [-0.25, -0.2) is 0 Å². The summed E-state index contributed by atoms with van der Waals surface area (Å²) in [5.41, 5.74) is 0.400. The van der Waals surface area contributed by atoms with E-state index in [2.05, 4.69) is 15.4 Å². The average Bonchev–Trinajstić information content (AvgIpc) is 2.34. The van der Waals surface area contributed by atoms with E-state index in [4.69, 9.17) is 0 Å². The number of halogens is 4. The van der Waals surface area contributed by atoms with Crippen LogP contribution in [0, 0.1) is 5.92 Å². The topological polar surface area (TPSA) is 50.4 Å². The van der Waals surface area contributed by atoms with Crippen LogP contribution >= 0.6 is 12.4 Å². The Morgan fingerprint density at radius 3 is 2.38 bits per heavy atom. The highest BCUT2D eigenvalue weighted by molar-refractivity contribution is 5.94. The van der Waals surface area contributed by atoms with Gasteiger partial charge in [0.25, 0.3) is 5.91 Å². The van der Waals surface area contributed by atoms with E-state index in [0.717, 1.165) is 13.1 Å². The van der Waals surface area contributed by atoms with E-state index in [1.54, 1.807) is 0 Å². The minimum absolute atomic E-state index is 0. The van der Waals surface area contributed by atoms with Crippen LogP contribution in [-0.4, -0.2) is 38.3 Å². The Hall–Kier alpha value is -1.47. The summed E-state index contributed by atoms with van der Waals surface area (Å²) in [6.07, 6.45) is -4.37. The van der Waals surface area contributed by atoms with Gasteiger partial charge < -0.3 is 15.4 Å². The molecule has 0 spiro atoms. The number of carbonyl (C=O) groups excluding carboxylic acids is 1. The minimum atomic E-state index is -4.37. The zero-order valence-electron chi connectivity index (χ0n) is 11.1. The molecule has 0 radical (unpaired) electrons. The maximum Gasteiger partial charge on any atom is 0.422 e. The van der Waals surface area contributed by atoms with Gasteiger partial charge in [0.2, 0.25) is 0 Å². The van der Waals surface area contributed by atoms with Crippen molar-refractivity contribution in [1.29, 1.82) is 0 Å². The van der Waals surface area contributed by atoms with Crippen molar-refractivity contribution in [3.8, 4) is 5.75 Å². The number of carbonyl (C=O) groups is 1. The van der Waals surface area contributed by atoms with E-state index in [0.29, 0.717) is 18.0 Å².